The fourth-order valence-electron chi connectivity index (χ4n) is 3.21. The van der Waals surface area contributed by atoms with Crippen molar-refractivity contribution in [1.29, 1.82) is 0 Å². The fourth-order valence-corrected chi connectivity index (χ4v) is 4.12. The average molecular weight is 446 g/mol. The molecule has 0 fully saturated rings. The van der Waals surface area contributed by atoms with E-state index in [1.165, 1.54) is 11.3 Å². The number of nitrogen functional groups attached to an aromatic ring is 1. The molecule has 7 N–H and O–H groups in total. The van der Waals surface area contributed by atoms with Gasteiger partial charge in [0.15, 0.2) is 0 Å². The fraction of sp³-hybridized carbons (Fsp3) is 0.300. The molecule has 0 aliphatic rings. The van der Waals surface area contributed by atoms with E-state index in [-0.39, 0.29) is 18.4 Å². The van der Waals surface area contributed by atoms with Gasteiger partial charge in [-0.2, -0.15) is 0 Å². The van der Waals surface area contributed by atoms with Gasteiger partial charge in [-0.15, -0.1) is 11.3 Å². The van der Waals surface area contributed by atoms with Gasteiger partial charge < -0.3 is 31.2 Å². The predicted octanol–water partition coefficient (Wildman–Crippen LogP) is 1.72. The Morgan fingerprint density at radius 3 is 2.61 bits per heavy atom. The van der Waals surface area contributed by atoms with Gasteiger partial charge in [-0.1, -0.05) is 0 Å². The number of carbonyl (C=O) groups is 3. The second-order valence-electron chi connectivity index (χ2n) is 7.13. The molecule has 3 aromatic rings. The van der Waals surface area contributed by atoms with E-state index >= 15 is 0 Å². The van der Waals surface area contributed by atoms with Crippen molar-refractivity contribution < 1.29 is 24.6 Å². The molecule has 0 saturated carbocycles. The standard InChI is InChI=1S/C20H22N4O6S/c21-16-8-15-13(19(28)24-16)7-11(22-15)2-1-3-12-6-10(9-31-12)18(27)23-14(20(29)30)4-5-17(25)26/h6-9,14,22H,1-5H2,(H,23,27)(H,25,26)(H,29,30)(H3,21,24,28)/t14-/m0/s1. The average Bonchev–Trinajstić information content (AvgIpc) is 3.31. The first-order valence-corrected chi connectivity index (χ1v) is 10.4. The Kier molecular flexibility index (Phi) is 6.75. The van der Waals surface area contributed by atoms with Crippen molar-refractivity contribution in [3.8, 4) is 0 Å². The highest BCUT2D eigenvalue weighted by Crippen LogP contribution is 2.19. The Bertz CT molecular complexity index is 1180. The SMILES string of the molecule is Nc1cc2[nH]c(CCCc3cc(C(=O)N[C@@H](CCC(=O)O)C(=O)O)cs3)cc2c(=O)[nH]1. The van der Waals surface area contributed by atoms with Crippen molar-refractivity contribution >= 4 is 45.9 Å². The van der Waals surface area contributed by atoms with E-state index in [2.05, 4.69) is 15.3 Å². The monoisotopic (exact) mass is 446 g/mol. The van der Waals surface area contributed by atoms with Crippen LogP contribution in [0.15, 0.2) is 28.4 Å². The first-order valence-electron chi connectivity index (χ1n) is 9.56. The van der Waals surface area contributed by atoms with Gasteiger partial charge >= 0.3 is 11.9 Å². The molecule has 3 rings (SSSR count). The smallest absolute Gasteiger partial charge is 0.326 e. The van der Waals surface area contributed by atoms with Crippen LogP contribution in [0.2, 0.25) is 0 Å². The first-order chi connectivity index (χ1) is 14.7. The molecule has 164 valence electrons. The van der Waals surface area contributed by atoms with E-state index in [0.717, 1.165) is 17.0 Å². The molecule has 0 spiro atoms. The number of aliphatic carboxylic acids is 2. The number of fused-ring (bicyclic) bond motifs is 1. The van der Waals surface area contributed by atoms with E-state index in [0.29, 0.717) is 35.1 Å². The molecule has 0 aromatic carbocycles. The number of nitrogens with one attached hydrogen (secondary N) is 3. The summed E-state index contributed by atoms with van der Waals surface area (Å²) in [5, 5.41) is 22.4. The first kappa shape index (κ1) is 22.1. The second-order valence-corrected chi connectivity index (χ2v) is 8.12. The number of hydrogen-bond donors (Lipinski definition) is 6. The number of aromatic amines is 2. The summed E-state index contributed by atoms with van der Waals surface area (Å²) in [6.45, 7) is 0. The number of pyridine rings is 1. The van der Waals surface area contributed by atoms with Crippen LogP contribution in [0, 0.1) is 0 Å². The van der Waals surface area contributed by atoms with Gasteiger partial charge in [0.1, 0.15) is 11.9 Å². The number of aromatic nitrogens is 2. The second kappa shape index (κ2) is 9.47. The Balaban J connectivity index is 1.55. The van der Waals surface area contributed by atoms with Crippen LogP contribution >= 0.6 is 11.3 Å². The molecule has 0 aliphatic carbocycles. The normalized spacial score (nSPS) is 12.0. The maximum absolute atomic E-state index is 12.3. The molecule has 31 heavy (non-hydrogen) atoms. The summed E-state index contributed by atoms with van der Waals surface area (Å²) in [5.74, 6) is -2.65. The third kappa shape index (κ3) is 5.72. The number of amides is 1. The predicted molar refractivity (Wildman–Crippen MR) is 115 cm³/mol. The summed E-state index contributed by atoms with van der Waals surface area (Å²) in [7, 11) is 0. The topological polar surface area (TPSA) is 178 Å². The van der Waals surface area contributed by atoms with Gasteiger partial charge in [0, 0.05) is 28.4 Å². The zero-order valence-electron chi connectivity index (χ0n) is 16.4. The van der Waals surface area contributed by atoms with Gasteiger partial charge in [-0.05, 0) is 37.8 Å². The Morgan fingerprint density at radius 2 is 1.90 bits per heavy atom. The van der Waals surface area contributed by atoms with Gasteiger partial charge in [-0.25, -0.2) is 4.79 Å². The van der Waals surface area contributed by atoms with Crippen LogP contribution in [0.25, 0.3) is 10.9 Å². The highest BCUT2D eigenvalue weighted by molar-refractivity contribution is 7.10. The number of carboxylic acid groups (broad SMARTS) is 2. The minimum atomic E-state index is -1.27. The van der Waals surface area contributed by atoms with Crippen LogP contribution in [-0.4, -0.2) is 44.1 Å². The largest absolute Gasteiger partial charge is 0.481 e. The van der Waals surface area contributed by atoms with Crippen molar-refractivity contribution in [2.24, 2.45) is 0 Å². The zero-order chi connectivity index (χ0) is 22.5. The number of H-pyrrole nitrogens is 2. The highest BCUT2D eigenvalue weighted by Gasteiger charge is 2.22. The Hall–Kier alpha value is -3.60. The number of nitrogens with two attached hydrogens (primary N) is 1. The maximum Gasteiger partial charge on any atom is 0.326 e. The van der Waals surface area contributed by atoms with Gasteiger partial charge in [0.2, 0.25) is 0 Å². The van der Waals surface area contributed by atoms with Crippen LogP contribution in [0.1, 0.15) is 40.2 Å². The molecule has 0 saturated heterocycles. The number of aryl methyl sites for hydroxylation is 2. The Morgan fingerprint density at radius 1 is 1.13 bits per heavy atom. The van der Waals surface area contributed by atoms with Crippen molar-refractivity contribution in [3.63, 3.8) is 0 Å². The van der Waals surface area contributed by atoms with Crippen LogP contribution in [0.4, 0.5) is 5.82 Å². The van der Waals surface area contributed by atoms with E-state index in [4.69, 9.17) is 15.9 Å². The highest BCUT2D eigenvalue weighted by atomic mass is 32.1. The van der Waals surface area contributed by atoms with E-state index in [9.17, 15) is 19.2 Å². The lowest BCUT2D eigenvalue weighted by atomic mass is 10.1. The molecule has 0 bridgehead atoms. The number of rotatable bonds is 10. The molecule has 3 aromatic heterocycles. The van der Waals surface area contributed by atoms with Gasteiger partial charge in [0.25, 0.3) is 11.5 Å². The van der Waals surface area contributed by atoms with Crippen molar-refractivity contribution in [2.75, 3.05) is 5.73 Å². The zero-order valence-corrected chi connectivity index (χ0v) is 17.3. The van der Waals surface area contributed by atoms with Gasteiger partial charge in [0.05, 0.1) is 16.5 Å². The molecule has 1 amide bonds. The summed E-state index contributed by atoms with van der Waals surface area (Å²) in [4.78, 5) is 52.8. The third-order valence-electron chi connectivity index (χ3n) is 4.74. The molecule has 0 radical (unpaired) electrons. The summed E-state index contributed by atoms with van der Waals surface area (Å²) >= 11 is 1.39. The van der Waals surface area contributed by atoms with Crippen LogP contribution in [0.3, 0.4) is 0 Å². The summed E-state index contributed by atoms with van der Waals surface area (Å²) in [5.41, 5.74) is 7.34. The number of hydrogen-bond acceptors (Lipinski definition) is 6. The lowest BCUT2D eigenvalue weighted by molar-refractivity contribution is -0.140. The minimum absolute atomic E-state index is 0.188. The molecule has 1 atom stereocenters. The molecular weight excluding hydrogens is 424 g/mol. The third-order valence-corrected chi connectivity index (χ3v) is 5.74. The van der Waals surface area contributed by atoms with E-state index in [1.54, 1.807) is 23.6 Å². The molecule has 3 heterocycles. The lowest BCUT2D eigenvalue weighted by Gasteiger charge is -2.12. The van der Waals surface area contributed by atoms with Crippen LogP contribution < -0.4 is 16.6 Å². The molecule has 10 nitrogen and oxygen atoms in total. The van der Waals surface area contributed by atoms with Crippen LogP contribution in [0.5, 0.6) is 0 Å². The minimum Gasteiger partial charge on any atom is -0.481 e. The van der Waals surface area contributed by atoms with Gasteiger partial charge in [-0.3, -0.25) is 14.4 Å². The summed E-state index contributed by atoms with van der Waals surface area (Å²) in [6.07, 6.45) is 1.64. The molecular formula is C20H22N4O6S. The lowest BCUT2D eigenvalue weighted by Crippen LogP contribution is -2.41. The van der Waals surface area contributed by atoms with Crippen molar-refractivity contribution in [1.82, 2.24) is 15.3 Å². The molecule has 0 aliphatic heterocycles. The summed E-state index contributed by atoms with van der Waals surface area (Å²) < 4.78 is 0. The maximum atomic E-state index is 12.3. The number of carbonyl (C=O) groups excluding carboxylic acids is 1. The Labute approximate surface area is 180 Å². The van der Waals surface area contributed by atoms with E-state index < -0.39 is 23.9 Å². The summed E-state index contributed by atoms with van der Waals surface area (Å²) in [6, 6.07) is 3.91. The van der Waals surface area contributed by atoms with Crippen LogP contribution in [-0.2, 0) is 22.4 Å². The molecule has 0 unspecified atom stereocenters. The van der Waals surface area contributed by atoms with E-state index in [1.807, 2.05) is 0 Å². The quantitative estimate of drug-likeness (QED) is 0.274. The molecule has 11 heteroatoms. The number of anilines is 1. The number of carboxylic acids is 2. The number of thiophene rings is 1. The van der Waals surface area contributed by atoms with Crippen molar-refractivity contribution in [2.45, 2.75) is 38.1 Å². The van der Waals surface area contributed by atoms with Crippen molar-refractivity contribution in [3.05, 3.63) is 50.1 Å².